The minimum absolute atomic E-state index is 0. The fourth-order valence-electron chi connectivity index (χ4n) is 3.70. The van der Waals surface area contributed by atoms with Crippen molar-refractivity contribution >= 4 is 28.3 Å². The Morgan fingerprint density at radius 2 is 1.79 bits per heavy atom. The van der Waals surface area contributed by atoms with Crippen LogP contribution in [0.1, 0.15) is 25.7 Å². The minimum Gasteiger partial charge on any atom is -0.381 e. The van der Waals surface area contributed by atoms with Gasteiger partial charge in [-0.3, -0.25) is 4.79 Å². The quantitative estimate of drug-likeness (QED) is 0.725. The summed E-state index contributed by atoms with van der Waals surface area (Å²) in [5, 5.41) is 0. The average molecular weight is 436 g/mol. The second kappa shape index (κ2) is 9.49. The van der Waals surface area contributed by atoms with Gasteiger partial charge in [-0.05, 0) is 49.9 Å². The van der Waals surface area contributed by atoms with E-state index in [2.05, 4.69) is 4.72 Å². The van der Waals surface area contributed by atoms with Crippen molar-refractivity contribution in [1.82, 2.24) is 9.62 Å². The maximum absolute atomic E-state index is 13.0. The third kappa shape index (κ3) is 5.01. The van der Waals surface area contributed by atoms with Crippen molar-refractivity contribution in [3.8, 4) is 0 Å². The second-order valence-electron chi connectivity index (χ2n) is 7.24. The van der Waals surface area contributed by atoms with Crippen molar-refractivity contribution < 1.29 is 22.3 Å². The molecule has 158 valence electrons. The lowest BCUT2D eigenvalue weighted by atomic mass is 9.78. The lowest BCUT2D eigenvalue weighted by molar-refractivity contribution is -0.148. The molecule has 1 aromatic carbocycles. The fourth-order valence-corrected chi connectivity index (χ4v) is 5.01. The molecule has 0 saturated carbocycles. The maximum Gasteiger partial charge on any atom is 0.240 e. The molecule has 2 saturated heterocycles. The maximum atomic E-state index is 13.0. The van der Waals surface area contributed by atoms with Crippen molar-refractivity contribution in [2.45, 2.75) is 36.6 Å². The number of ether oxygens (including phenoxy) is 1. The van der Waals surface area contributed by atoms with Crippen LogP contribution in [0, 0.1) is 11.2 Å². The standard InChI is InChI=1S/C18H26FN3O4S.ClH/c19-14-1-3-16(4-2-14)27(24,25)21-15-5-9-22(10-6-15)17(23)18(13-20)7-11-26-12-8-18;/h1-4,15,21H,5-13,20H2;1H. The highest BCUT2D eigenvalue weighted by molar-refractivity contribution is 7.89. The zero-order valence-electron chi connectivity index (χ0n) is 15.6. The molecule has 2 aliphatic heterocycles. The lowest BCUT2D eigenvalue weighted by Gasteiger charge is -2.41. The van der Waals surface area contributed by atoms with Crippen LogP contribution in [0.4, 0.5) is 4.39 Å². The first kappa shape index (κ1) is 23.0. The van der Waals surface area contributed by atoms with E-state index in [1.807, 2.05) is 0 Å². The Morgan fingerprint density at radius 1 is 1.21 bits per heavy atom. The molecular formula is C18H27ClFN3O4S. The Balaban J connectivity index is 0.00000280. The van der Waals surface area contributed by atoms with Crippen molar-refractivity contribution in [1.29, 1.82) is 0 Å². The summed E-state index contributed by atoms with van der Waals surface area (Å²) in [6.45, 7) is 2.34. The van der Waals surface area contributed by atoms with Crippen LogP contribution < -0.4 is 10.5 Å². The van der Waals surface area contributed by atoms with Crippen LogP contribution in [-0.2, 0) is 19.6 Å². The highest BCUT2D eigenvalue weighted by Crippen LogP contribution is 2.32. The van der Waals surface area contributed by atoms with Gasteiger partial charge in [0.05, 0.1) is 10.3 Å². The Bertz CT molecular complexity index is 762. The van der Waals surface area contributed by atoms with E-state index in [-0.39, 0.29) is 29.3 Å². The van der Waals surface area contributed by atoms with E-state index < -0.39 is 21.3 Å². The minimum atomic E-state index is -3.71. The molecule has 0 aliphatic carbocycles. The molecular weight excluding hydrogens is 409 g/mol. The number of nitrogens with one attached hydrogen (secondary N) is 1. The van der Waals surface area contributed by atoms with E-state index in [1.54, 1.807) is 4.90 Å². The first-order chi connectivity index (χ1) is 12.9. The molecule has 0 radical (unpaired) electrons. The van der Waals surface area contributed by atoms with E-state index >= 15 is 0 Å². The number of hydrogen-bond donors (Lipinski definition) is 2. The molecule has 0 unspecified atom stereocenters. The zero-order valence-corrected chi connectivity index (χ0v) is 17.2. The molecule has 0 spiro atoms. The van der Waals surface area contributed by atoms with E-state index in [0.29, 0.717) is 58.5 Å². The van der Waals surface area contributed by atoms with Crippen LogP contribution in [0.15, 0.2) is 29.2 Å². The summed E-state index contributed by atoms with van der Waals surface area (Å²) in [7, 11) is -3.71. The number of likely N-dealkylation sites (tertiary alicyclic amines) is 1. The van der Waals surface area contributed by atoms with Crippen molar-refractivity contribution in [3.63, 3.8) is 0 Å². The number of nitrogens with two attached hydrogens (primary N) is 1. The van der Waals surface area contributed by atoms with Gasteiger partial charge in [-0.15, -0.1) is 12.4 Å². The molecule has 2 fully saturated rings. The van der Waals surface area contributed by atoms with Crippen LogP contribution in [0.25, 0.3) is 0 Å². The van der Waals surface area contributed by atoms with Crippen LogP contribution in [0.3, 0.4) is 0 Å². The number of nitrogens with zero attached hydrogens (tertiary/aromatic N) is 1. The molecule has 1 aromatic rings. The summed E-state index contributed by atoms with van der Waals surface area (Å²) in [6.07, 6.45) is 2.31. The first-order valence-corrected chi connectivity index (χ1v) is 10.7. The molecule has 3 N–H and O–H groups in total. The number of carbonyl (C=O) groups excluding carboxylic acids is 1. The number of amides is 1. The molecule has 7 nitrogen and oxygen atoms in total. The first-order valence-electron chi connectivity index (χ1n) is 9.21. The van der Waals surface area contributed by atoms with E-state index in [1.165, 1.54) is 12.1 Å². The highest BCUT2D eigenvalue weighted by atomic mass is 35.5. The number of benzene rings is 1. The monoisotopic (exact) mass is 435 g/mol. The van der Waals surface area contributed by atoms with Crippen molar-refractivity contribution in [2.75, 3.05) is 32.8 Å². The fraction of sp³-hybridized carbons (Fsp3) is 0.611. The van der Waals surface area contributed by atoms with Gasteiger partial charge in [0, 0.05) is 38.9 Å². The van der Waals surface area contributed by atoms with Crippen LogP contribution >= 0.6 is 12.4 Å². The zero-order chi connectivity index (χ0) is 19.5. The molecule has 2 heterocycles. The number of halogens is 2. The summed E-state index contributed by atoms with van der Waals surface area (Å²) in [5.41, 5.74) is 5.35. The van der Waals surface area contributed by atoms with Gasteiger partial charge in [0.1, 0.15) is 5.82 Å². The van der Waals surface area contributed by atoms with Gasteiger partial charge in [-0.2, -0.15) is 0 Å². The molecule has 10 heteroatoms. The number of piperidine rings is 1. The van der Waals surface area contributed by atoms with Crippen molar-refractivity contribution in [2.24, 2.45) is 11.1 Å². The predicted octanol–water partition coefficient (Wildman–Crippen LogP) is 1.27. The van der Waals surface area contributed by atoms with Gasteiger partial charge in [-0.1, -0.05) is 0 Å². The summed E-state index contributed by atoms with van der Waals surface area (Å²) in [4.78, 5) is 14.8. The van der Waals surface area contributed by atoms with E-state index in [4.69, 9.17) is 10.5 Å². The van der Waals surface area contributed by atoms with Gasteiger partial charge >= 0.3 is 0 Å². The lowest BCUT2D eigenvalue weighted by Crippen LogP contribution is -2.54. The van der Waals surface area contributed by atoms with Gasteiger partial charge in [0.25, 0.3) is 0 Å². The molecule has 0 aromatic heterocycles. The molecule has 1 amide bonds. The summed E-state index contributed by atoms with van der Waals surface area (Å²) in [6, 6.07) is 4.47. The van der Waals surface area contributed by atoms with Gasteiger partial charge in [0.15, 0.2) is 0 Å². The molecule has 28 heavy (non-hydrogen) atoms. The Morgan fingerprint density at radius 3 is 2.32 bits per heavy atom. The third-order valence-corrected chi connectivity index (χ3v) is 7.06. The Kier molecular flexibility index (Phi) is 7.81. The smallest absolute Gasteiger partial charge is 0.240 e. The highest BCUT2D eigenvalue weighted by Gasteiger charge is 2.42. The van der Waals surface area contributed by atoms with Gasteiger partial charge in [-0.25, -0.2) is 17.5 Å². The Hall–Kier alpha value is -1.26. The van der Waals surface area contributed by atoms with Crippen molar-refractivity contribution in [3.05, 3.63) is 30.1 Å². The Labute approximate surface area is 171 Å². The summed E-state index contributed by atoms with van der Waals surface area (Å²) in [5.74, 6) is -0.434. The van der Waals surface area contributed by atoms with Crippen LogP contribution in [-0.4, -0.2) is 58.1 Å². The summed E-state index contributed by atoms with van der Waals surface area (Å²) >= 11 is 0. The second-order valence-corrected chi connectivity index (χ2v) is 8.95. The van der Waals surface area contributed by atoms with E-state index in [0.717, 1.165) is 12.1 Å². The summed E-state index contributed by atoms with van der Waals surface area (Å²) < 4.78 is 45.9. The third-order valence-electron chi connectivity index (χ3n) is 5.52. The number of carbonyl (C=O) groups is 1. The van der Waals surface area contributed by atoms with E-state index in [9.17, 15) is 17.6 Å². The van der Waals surface area contributed by atoms with Gasteiger partial charge in [0.2, 0.25) is 15.9 Å². The van der Waals surface area contributed by atoms with Gasteiger partial charge < -0.3 is 15.4 Å². The normalized spacial score (nSPS) is 20.4. The molecule has 0 bridgehead atoms. The van der Waals surface area contributed by atoms with Crippen LogP contribution in [0.2, 0.25) is 0 Å². The van der Waals surface area contributed by atoms with Crippen LogP contribution in [0.5, 0.6) is 0 Å². The predicted molar refractivity (Wildman–Crippen MR) is 105 cm³/mol. The molecule has 2 aliphatic rings. The number of rotatable bonds is 5. The molecule has 0 atom stereocenters. The average Bonchev–Trinajstić information content (AvgIpc) is 2.68. The SMILES string of the molecule is Cl.NCC1(C(=O)N2CCC(NS(=O)(=O)c3ccc(F)cc3)CC2)CCOCC1. The topological polar surface area (TPSA) is 102 Å². The molecule has 3 rings (SSSR count). The number of sulfonamides is 1. The largest absolute Gasteiger partial charge is 0.381 e. The number of hydrogen-bond acceptors (Lipinski definition) is 5.